The minimum atomic E-state index is -0.655. The third-order valence-electron chi connectivity index (χ3n) is 4.27. The van der Waals surface area contributed by atoms with E-state index < -0.39 is 6.04 Å². The molecule has 0 aliphatic rings. The third-order valence-corrected chi connectivity index (χ3v) is 4.52. The monoisotopic (exact) mass is 390 g/mol. The molecule has 0 fully saturated rings. The Hall–Kier alpha value is -2.40. The van der Waals surface area contributed by atoms with Gasteiger partial charge in [-0.1, -0.05) is 49.7 Å². The molecule has 2 aromatic carbocycles. The number of nitrogens with zero attached hydrogens (tertiary/aromatic N) is 1. The number of hydrogen-bond acceptors (Lipinski definition) is 2. The van der Waals surface area contributed by atoms with Crippen LogP contribution in [0.1, 0.15) is 31.9 Å². The highest BCUT2D eigenvalue weighted by atomic mass is 35.5. The summed E-state index contributed by atoms with van der Waals surface area (Å²) in [7, 11) is 0. The highest BCUT2D eigenvalue weighted by Crippen LogP contribution is 2.14. The van der Waals surface area contributed by atoms with Crippen LogP contribution < -0.4 is 5.32 Å². The zero-order chi connectivity index (χ0) is 20.0. The predicted octanol–water partition coefficient (Wildman–Crippen LogP) is 4.17. The molecule has 0 saturated heterocycles. The van der Waals surface area contributed by atoms with Crippen LogP contribution in [0.4, 0.5) is 4.39 Å². The van der Waals surface area contributed by atoms with E-state index in [0.29, 0.717) is 11.6 Å². The average Bonchev–Trinajstić information content (AvgIpc) is 2.65. The Bertz CT molecular complexity index is 776. The molecule has 1 atom stereocenters. The summed E-state index contributed by atoms with van der Waals surface area (Å²) in [5, 5.41) is 3.48. The van der Waals surface area contributed by atoms with Gasteiger partial charge in [0, 0.05) is 24.0 Å². The first-order valence-corrected chi connectivity index (χ1v) is 9.23. The van der Waals surface area contributed by atoms with Crippen molar-refractivity contribution in [2.24, 2.45) is 5.92 Å². The van der Waals surface area contributed by atoms with Gasteiger partial charge in [-0.15, -0.1) is 0 Å². The molecule has 6 heteroatoms. The van der Waals surface area contributed by atoms with Gasteiger partial charge in [0.1, 0.15) is 11.9 Å². The van der Waals surface area contributed by atoms with Gasteiger partial charge < -0.3 is 10.2 Å². The number of hydrogen-bond donors (Lipinski definition) is 1. The zero-order valence-corrected chi connectivity index (χ0v) is 16.5. The molecule has 0 aliphatic heterocycles. The number of halogens is 2. The molecule has 1 N–H and O–H groups in total. The van der Waals surface area contributed by atoms with Crippen molar-refractivity contribution in [3.05, 3.63) is 70.5 Å². The molecule has 2 amide bonds. The first kappa shape index (κ1) is 20.9. The van der Waals surface area contributed by atoms with Crippen LogP contribution in [0, 0.1) is 11.7 Å². The Morgan fingerprint density at radius 1 is 1.00 bits per heavy atom. The van der Waals surface area contributed by atoms with Crippen molar-refractivity contribution in [3.63, 3.8) is 0 Å². The van der Waals surface area contributed by atoms with Crippen molar-refractivity contribution in [2.75, 3.05) is 0 Å². The van der Waals surface area contributed by atoms with Crippen LogP contribution in [0.25, 0.3) is 0 Å². The molecular weight excluding hydrogens is 367 g/mol. The highest BCUT2D eigenvalue weighted by molar-refractivity contribution is 6.30. The molecule has 0 unspecified atom stereocenters. The Kier molecular flexibility index (Phi) is 7.36. The van der Waals surface area contributed by atoms with Gasteiger partial charge in [0.25, 0.3) is 0 Å². The third kappa shape index (κ3) is 6.07. The standard InChI is InChI=1S/C21H24ClFN2O2/c1-14(2)21(27)25(13-17-6-10-19(23)11-7-17)15(3)20(26)24-12-16-4-8-18(22)9-5-16/h4-11,14-15H,12-13H2,1-3H3,(H,24,26)/t15-/m1/s1. The van der Waals surface area contributed by atoms with E-state index in [4.69, 9.17) is 11.6 Å². The number of benzene rings is 2. The molecule has 4 nitrogen and oxygen atoms in total. The molecule has 0 bridgehead atoms. The van der Waals surface area contributed by atoms with Gasteiger partial charge in [-0.25, -0.2) is 4.39 Å². The second kappa shape index (κ2) is 9.51. The SMILES string of the molecule is CC(C)C(=O)N(Cc1ccc(F)cc1)[C@H](C)C(=O)NCc1ccc(Cl)cc1. The van der Waals surface area contributed by atoms with Gasteiger partial charge in [0.05, 0.1) is 0 Å². The molecule has 0 spiro atoms. The quantitative estimate of drug-likeness (QED) is 0.771. The van der Waals surface area contributed by atoms with Crippen LogP contribution in [-0.4, -0.2) is 22.8 Å². The molecule has 2 aromatic rings. The summed E-state index contributed by atoms with van der Waals surface area (Å²) in [6.45, 7) is 5.87. The Balaban J connectivity index is 2.08. The molecule has 2 rings (SSSR count). The van der Waals surface area contributed by atoms with Crippen LogP contribution >= 0.6 is 11.6 Å². The van der Waals surface area contributed by atoms with Crippen molar-refractivity contribution in [1.82, 2.24) is 10.2 Å². The second-order valence-corrected chi connectivity index (χ2v) is 7.20. The fraction of sp³-hybridized carbons (Fsp3) is 0.333. The topological polar surface area (TPSA) is 49.4 Å². The maximum Gasteiger partial charge on any atom is 0.242 e. The summed E-state index contributed by atoms with van der Waals surface area (Å²) in [4.78, 5) is 26.8. The van der Waals surface area contributed by atoms with E-state index in [0.717, 1.165) is 11.1 Å². The number of carbonyl (C=O) groups is 2. The predicted molar refractivity (Wildman–Crippen MR) is 105 cm³/mol. The van der Waals surface area contributed by atoms with Crippen LogP contribution in [0.5, 0.6) is 0 Å². The van der Waals surface area contributed by atoms with Crippen LogP contribution in [0.3, 0.4) is 0 Å². The number of rotatable bonds is 7. The lowest BCUT2D eigenvalue weighted by Gasteiger charge is -2.30. The highest BCUT2D eigenvalue weighted by Gasteiger charge is 2.27. The fourth-order valence-corrected chi connectivity index (χ4v) is 2.73. The molecule has 0 radical (unpaired) electrons. The summed E-state index contributed by atoms with van der Waals surface area (Å²) in [5.41, 5.74) is 1.68. The van der Waals surface area contributed by atoms with Crippen molar-refractivity contribution < 1.29 is 14.0 Å². The van der Waals surface area contributed by atoms with E-state index in [1.807, 2.05) is 12.1 Å². The molecule has 0 heterocycles. The van der Waals surface area contributed by atoms with E-state index in [1.165, 1.54) is 17.0 Å². The first-order chi connectivity index (χ1) is 12.8. The first-order valence-electron chi connectivity index (χ1n) is 8.85. The van der Waals surface area contributed by atoms with Gasteiger partial charge in [0.2, 0.25) is 11.8 Å². The number of amides is 2. The van der Waals surface area contributed by atoms with Gasteiger partial charge >= 0.3 is 0 Å². The van der Waals surface area contributed by atoms with Crippen molar-refractivity contribution in [1.29, 1.82) is 0 Å². The smallest absolute Gasteiger partial charge is 0.242 e. The van der Waals surface area contributed by atoms with Gasteiger partial charge in [0.15, 0.2) is 0 Å². The minimum absolute atomic E-state index is 0.131. The fourth-order valence-electron chi connectivity index (χ4n) is 2.60. The zero-order valence-electron chi connectivity index (χ0n) is 15.7. The van der Waals surface area contributed by atoms with Crippen LogP contribution in [-0.2, 0) is 22.7 Å². The molecular formula is C21H24ClFN2O2. The molecule has 0 saturated carbocycles. The van der Waals surface area contributed by atoms with Crippen LogP contribution in [0.15, 0.2) is 48.5 Å². The number of nitrogens with one attached hydrogen (secondary N) is 1. The lowest BCUT2D eigenvalue weighted by Crippen LogP contribution is -2.48. The van der Waals surface area contributed by atoms with E-state index in [-0.39, 0.29) is 30.1 Å². The molecule has 0 aliphatic carbocycles. The molecule has 27 heavy (non-hydrogen) atoms. The molecule has 144 valence electrons. The lowest BCUT2D eigenvalue weighted by atomic mass is 10.1. The summed E-state index contributed by atoms with van der Waals surface area (Å²) in [6, 6.07) is 12.5. The van der Waals surface area contributed by atoms with Crippen molar-refractivity contribution in [3.8, 4) is 0 Å². The maximum absolute atomic E-state index is 13.1. The summed E-state index contributed by atoms with van der Waals surface area (Å²) >= 11 is 5.86. The summed E-state index contributed by atoms with van der Waals surface area (Å²) < 4.78 is 13.1. The maximum atomic E-state index is 13.1. The molecule has 0 aromatic heterocycles. The minimum Gasteiger partial charge on any atom is -0.350 e. The van der Waals surface area contributed by atoms with E-state index in [2.05, 4.69) is 5.32 Å². The Morgan fingerprint density at radius 3 is 2.11 bits per heavy atom. The summed E-state index contributed by atoms with van der Waals surface area (Å²) in [5.74, 6) is -0.972. The average molecular weight is 391 g/mol. The van der Waals surface area contributed by atoms with E-state index in [9.17, 15) is 14.0 Å². The van der Waals surface area contributed by atoms with Crippen molar-refractivity contribution >= 4 is 23.4 Å². The lowest BCUT2D eigenvalue weighted by molar-refractivity contribution is -0.143. The summed E-state index contributed by atoms with van der Waals surface area (Å²) in [6.07, 6.45) is 0. The second-order valence-electron chi connectivity index (χ2n) is 6.77. The number of carbonyl (C=O) groups excluding carboxylic acids is 2. The van der Waals surface area contributed by atoms with E-state index >= 15 is 0 Å². The van der Waals surface area contributed by atoms with Gasteiger partial charge in [-0.3, -0.25) is 9.59 Å². The van der Waals surface area contributed by atoms with Crippen molar-refractivity contribution in [2.45, 2.75) is 39.9 Å². The van der Waals surface area contributed by atoms with E-state index in [1.54, 1.807) is 45.0 Å². The Labute approximate surface area is 164 Å². The largest absolute Gasteiger partial charge is 0.350 e. The van der Waals surface area contributed by atoms with Gasteiger partial charge in [-0.05, 0) is 42.3 Å². The van der Waals surface area contributed by atoms with Crippen LogP contribution in [0.2, 0.25) is 5.02 Å². The normalized spacial score (nSPS) is 11.9. The Morgan fingerprint density at radius 2 is 1.56 bits per heavy atom. The van der Waals surface area contributed by atoms with Gasteiger partial charge in [-0.2, -0.15) is 0 Å².